The summed E-state index contributed by atoms with van der Waals surface area (Å²) >= 11 is 3.52. The van der Waals surface area contributed by atoms with E-state index in [1.807, 2.05) is 0 Å². The summed E-state index contributed by atoms with van der Waals surface area (Å²) in [5.41, 5.74) is 3.71. The van der Waals surface area contributed by atoms with Crippen molar-refractivity contribution in [3.05, 3.63) is 64.4 Å². The molecule has 0 radical (unpaired) electrons. The molecule has 1 aliphatic rings. The number of para-hydroxylation sites is 2. The van der Waals surface area contributed by atoms with Gasteiger partial charge < -0.3 is 4.57 Å². The van der Waals surface area contributed by atoms with Gasteiger partial charge >= 0.3 is 0 Å². The average molecular weight is 383 g/mol. The first-order valence-corrected chi connectivity index (χ1v) is 9.77. The van der Waals surface area contributed by atoms with Gasteiger partial charge in [0.15, 0.2) is 0 Å². The molecule has 0 amide bonds. The summed E-state index contributed by atoms with van der Waals surface area (Å²) in [4.78, 5) is 4.97. The number of hydrogen-bond donors (Lipinski definition) is 0. The van der Waals surface area contributed by atoms with E-state index in [0.29, 0.717) is 0 Å². The maximum absolute atomic E-state index is 4.97. The third-order valence-electron chi connectivity index (χ3n) is 5.18. The minimum Gasteiger partial charge on any atom is -0.323 e. The summed E-state index contributed by atoms with van der Waals surface area (Å²) in [5.74, 6) is 2.06. The minimum atomic E-state index is 0.805. The molecule has 3 aromatic rings. The third-order valence-corrected chi connectivity index (χ3v) is 5.71. The highest BCUT2D eigenvalue weighted by Gasteiger charge is 2.18. The normalized spacial score (nSPS) is 15.9. The molecule has 0 spiro atoms. The Morgan fingerprint density at radius 1 is 0.958 bits per heavy atom. The van der Waals surface area contributed by atoms with Crippen LogP contribution >= 0.6 is 15.9 Å². The first kappa shape index (κ1) is 15.9. The monoisotopic (exact) mass is 382 g/mol. The van der Waals surface area contributed by atoms with Crippen LogP contribution in [-0.2, 0) is 13.0 Å². The molecule has 24 heavy (non-hydrogen) atoms. The third kappa shape index (κ3) is 3.41. The zero-order valence-electron chi connectivity index (χ0n) is 13.9. The minimum absolute atomic E-state index is 0.805. The predicted octanol–water partition coefficient (Wildman–Crippen LogP) is 5.97. The number of fused-ring (bicyclic) bond motifs is 1. The van der Waals surface area contributed by atoms with Crippen molar-refractivity contribution >= 4 is 27.0 Å². The number of nitrogens with zero attached hydrogens (tertiary/aromatic N) is 2. The molecule has 1 aliphatic carbocycles. The first-order chi connectivity index (χ1) is 11.8. The lowest BCUT2D eigenvalue weighted by Crippen LogP contribution is -2.14. The van der Waals surface area contributed by atoms with Gasteiger partial charge in [0.05, 0.1) is 11.0 Å². The Morgan fingerprint density at radius 2 is 1.71 bits per heavy atom. The molecule has 0 atom stereocenters. The molecule has 1 heterocycles. The van der Waals surface area contributed by atoms with Crippen LogP contribution in [0.4, 0.5) is 0 Å². The van der Waals surface area contributed by atoms with Crippen molar-refractivity contribution in [3.63, 3.8) is 0 Å². The summed E-state index contributed by atoms with van der Waals surface area (Å²) in [5, 5.41) is 0. The van der Waals surface area contributed by atoms with Gasteiger partial charge in [-0.3, -0.25) is 0 Å². The van der Waals surface area contributed by atoms with Crippen LogP contribution < -0.4 is 0 Å². The smallest absolute Gasteiger partial charge is 0.110 e. The molecule has 3 heteroatoms. The van der Waals surface area contributed by atoms with Crippen molar-refractivity contribution in [2.24, 2.45) is 5.92 Å². The second-order valence-electron chi connectivity index (χ2n) is 6.94. The van der Waals surface area contributed by atoms with E-state index >= 15 is 0 Å². The Bertz CT molecular complexity index is 813. The molecule has 1 fully saturated rings. The van der Waals surface area contributed by atoms with Gasteiger partial charge in [-0.15, -0.1) is 0 Å². The number of benzene rings is 2. The highest BCUT2D eigenvalue weighted by Crippen LogP contribution is 2.28. The van der Waals surface area contributed by atoms with E-state index in [1.54, 1.807) is 0 Å². The largest absolute Gasteiger partial charge is 0.323 e. The molecule has 1 saturated carbocycles. The number of aromatic nitrogens is 2. The van der Waals surface area contributed by atoms with Crippen molar-refractivity contribution in [3.8, 4) is 0 Å². The fraction of sp³-hybridized carbons (Fsp3) is 0.381. The topological polar surface area (TPSA) is 17.8 Å². The highest BCUT2D eigenvalue weighted by atomic mass is 79.9. The van der Waals surface area contributed by atoms with Gasteiger partial charge in [0.25, 0.3) is 0 Å². The van der Waals surface area contributed by atoms with Crippen LogP contribution in [0.25, 0.3) is 11.0 Å². The Labute approximate surface area is 152 Å². The van der Waals surface area contributed by atoms with Gasteiger partial charge in [0, 0.05) is 17.4 Å². The van der Waals surface area contributed by atoms with E-state index in [0.717, 1.165) is 28.9 Å². The predicted molar refractivity (Wildman–Crippen MR) is 103 cm³/mol. The van der Waals surface area contributed by atoms with E-state index in [2.05, 4.69) is 69.0 Å². The molecule has 0 N–H and O–H groups in total. The van der Waals surface area contributed by atoms with Gasteiger partial charge in [-0.05, 0) is 35.7 Å². The maximum atomic E-state index is 4.97. The van der Waals surface area contributed by atoms with Crippen LogP contribution in [-0.4, -0.2) is 9.55 Å². The molecule has 124 valence electrons. The number of imidazole rings is 1. The van der Waals surface area contributed by atoms with Crippen LogP contribution in [0.3, 0.4) is 0 Å². The summed E-state index contributed by atoms with van der Waals surface area (Å²) < 4.78 is 3.55. The van der Waals surface area contributed by atoms with Gasteiger partial charge in [-0.2, -0.15) is 0 Å². The second-order valence-corrected chi connectivity index (χ2v) is 7.85. The SMILES string of the molecule is Brc1ccc(Cn2c(CC3CCCCC3)nc3ccccc32)cc1. The summed E-state index contributed by atoms with van der Waals surface area (Å²) in [7, 11) is 0. The molecule has 0 saturated heterocycles. The molecule has 2 aromatic carbocycles. The van der Waals surface area contributed by atoms with Crippen molar-refractivity contribution in [1.82, 2.24) is 9.55 Å². The Hall–Kier alpha value is -1.61. The molecular formula is C21H23BrN2. The lowest BCUT2D eigenvalue weighted by atomic mass is 9.87. The van der Waals surface area contributed by atoms with E-state index in [-0.39, 0.29) is 0 Å². The Balaban J connectivity index is 1.68. The molecule has 2 nitrogen and oxygen atoms in total. The summed E-state index contributed by atoms with van der Waals surface area (Å²) in [6.07, 6.45) is 8.02. The van der Waals surface area contributed by atoms with Gasteiger partial charge in [0.2, 0.25) is 0 Å². The quantitative estimate of drug-likeness (QED) is 0.543. The molecule has 0 unspecified atom stereocenters. The number of halogens is 1. The average Bonchev–Trinajstić information content (AvgIpc) is 2.95. The van der Waals surface area contributed by atoms with Crippen LogP contribution in [0.1, 0.15) is 43.5 Å². The molecule has 4 rings (SSSR count). The van der Waals surface area contributed by atoms with Crippen LogP contribution in [0.5, 0.6) is 0 Å². The van der Waals surface area contributed by atoms with Crippen LogP contribution in [0, 0.1) is 5.92 Å². The summed E-state index contributed by atoms with van der Waals surface area (Å²) in [6, 6.07) is 17.2. The lowest BCUT2D eigenvalue weighted by molar-refractivity contribution is 0.349. The van der Waals surface area contributed by atoms with E-state index in [4.69, 9.17) is 4.98 Å². The standard InChI is InChI=1S/C21H23BrN2/c22-18-12-10-17(11-13-18)15-24-20-9-5-4-8-19(20)23-21(24)14-16-6-2-1-3-7-16/h4-5,8-13,16H,1-3,6-7,14-15H2. The highest BCUT2D eigenvalue weighted by molar-refractivity contribution is 9.10. The Kier molecular flexibility index (Phi) is 4.70. The molecule has 1 aromatic heterocycles. The Morgan fingerprint density at radius 3 is 2.50 bits per heavy atom. The van der Waals surface area contributed by atoms with Crippen molar-refractivity contribution < 1.29 is 0 Å². The lowest BCUT2D eigenvalue weighted by Gasteiger charge is -2.21. The zero-order valence-corrected chi connectivity index (χ0v) is 15.5. The summed E-state index contributed by atoms with van der Waals surface area (Å²) in [6.45, 7) is 0.899. The first-order valence-electron chi connectivity index (χ1n) is 8.98. The van der Waals surface area contributed by atoms with E-state index in [1.165, 1.54) is 49.0 Å². The van der Waals surface area contributed by atoms with Crippen molar-refractivity contribution in [2.75, 3.05) is 0 Å². The fourth-order valence-electron chi connectivity index (χ4n) is 3.88. The molecule has 0 bridgehead atoms. The van der Waals surface area contributed by atoms with Gasteiger partial charge in [0.1, 0.15) is 5.82 Å². The molecular weight excluding hydrogens is 360 g/mol. The fourth-order valence-corrected chi connectivity index (χ4v) is 4.14. The maximum Gasteiger partial charge on any atom is 0.110 e. The zero-order chi connectivity index (χ0) is 16.4. The molecule has 0 aliphatic heterocycles. The number of rotatable bonds is 4. The van der Waals surface area contributed by atoms with Crippen LogP contribution in [0.15, 0.2) is 53.0 Å². The number of hydrogen-bond acceptors (Lipinski definition) is 1. The van der Waals surface area contributed by atoms with E-state index in [9.17, 15) is 0 Å². The van der Waals surface area contributed by atoms with Crippen molar-refractivity contribution in [2.45, 2.75) is 45.1 Å². The van der Waals surface area contributed by atoms with E-state index < -0.39 is 0 Å². The van der Waals surface area contributed by atoms with Crippen molar-refractivity contribution in [1.29, 1.82) is 0 Å². The van der Waals surface area contributed by atoms with Crippen LogP contribution in [0.2, 0.25) is 0 Å². The second kappa shape index (κ2) is 7.10. The van der Waals surface area contributed by atoms with Gasteiger partial charge in [-0.1, -0.05) is 72.3 Å². The van der Waals surface area contributed by atoms with Gasteiger partial charge in [-0.25, -0.2) is 4.98 Å².